The van der Waals surface area contributed by atoms with Crippen LogP contribution < -0.4 is 0 Å². The molecule has 1 saturated heterocycles. The van der Waals surface area contributed by atoms with E-state index in [4.69, 9.17) is 4.52 Å². The number of piperazine rings is 1. The first-order valence-corrected chi connectivity index (χ1v) is 7.17. The molecule has 1 fully saturated rings. The van der Waals surface area contributed by atoms with Crippen molar-refractivity contribution in [3.05, 3.63) is 47.4 Å². The molecule has 112 valence electrons. The highest BCUT2D eigenvalue weighted by Gasteiger charge is 2.18. The zero-order valence-electron chi connectivity index (χ0n) is 12.1. The Morgan fingerprint density at radius 2 is 1.67 bits per heavy atom. The third-order valence-corrected chi connectivity index (χ3v) is 3.71. The van der Waals surface area contributed by atoms with Gasteiger partial charge in [0.1, 0.15) is 5.82 Å². The zero-order valence-corrected chi connectivity index (χ0v) is 12.1. The fourth-order valence-corrected chi connectivity index (χ4v) is 2.55. The number of halogens is 1. The largest absolute Gasteiger partial charge is 0.338 e. The maximum absolute atomic E-state index is 12.9. The zero-order chi connectivity index (χ0) is 14.7. The molecule has 0 amide bonds. The van der Waals surface area contributed by atoms with Crippen LogP contribution in [0.3, 0.4) is 0 Å². The van der Waals surface area contributed by atoms with Gasteiger partial charge in [0.25, 0.3) is 0 Å². The molecular formula is C15H19FN4O. The van der Waals surface area contributed by atoms with Crippen molar-refractivity contribution in [3.63, 3.8) is 0 Å². The molecule has 5 nitrogen and oxygen atoms in total. The van der Waals surface area contributed by atoms with Gasteiger partial charge in [-0.25, -0.2) is 4.39 Å². The number of aromatic nitrogens is 2. The van der Waals surface area contributed by atoms with Gasteiger partial charge in [-0.05, 0) is 24.6 Å². The summed E-state index contributed by atoms with van der Waals surface area (Å²) in [6.45, 7) is 7.34. The summed E-state index contributed by atoms with van der Waals surface area (Å²) in [6.07, 6.45) is 0. The summed E-state index contributed by atoms with van der Waals surface area (Å²) in [5.74, 6) is 1.18. The Hall–Kier alpha value is -1.79. The van der Waals surface area contributed by atoms with Crippen molar-refractivity contribution >= 4 is 0 Å². The molecule has 0 unspecified atom stereocenters. The summed E-state index contributed by atoms with van der Waals surface area (Å²) in [5, 5.41) is 3.81. The van der Waals surface area contributed by atoms with Gasteiger partial charge in [-0.15, -0.1) is 0 Å². The fourth-order valence-electron chi connectivity index (χ4n) is 2.55. The van der Waals surface area contributed by atoms with Crippen LogP contribution in [0.4, 0.5) is 4.39 Å². The summed E-state index contributed by atoms with van der Waals surface area (Å²) in [5.41, 5.74) is 1.15. The maximum Gasteiger partial charge on any atom is 0.240 e. The average Bonchev–Trinajstić information content (AvgIpc) is 2.89. The molecule has 0 radical (unpaired) electrons. The van der Waals surface area contributed by atoms with Gasteiger partial charge < -0.3 is 4.52 Å². The Labute approximate surface area is 123 Å². The first kappa shape index (κ1) is 14.2. The second-order valence-corrected chi connectivity index (χ2v) is 5.41. The summed E-state index contributed by atoms with van der Waals surface area (Å²) in [6, 6.07) is 6.73. The molecule has 6 heteroatoms. The van der Waals surface area contributed by atoms with Crippen LogP contribution in [0.5, 0.6) is 0 Å². The topological polar surface area (TPSA) is 45.4 Å². The van der Waals surface area contributed by atoms with E-state index in [2.05, 4.69) is 19.9 Å². The Morgan fingerprint density at radius 1 is 1.05 bits per heavy atom. The molecule has 0 N–H and O–H groups in total. The van der Waals surface area contributed by atoms with Gasteiger partial charge in [0.2, 0.25) is 5.89 Å². The van der Waals surface area contributed by atoms with Crippen molar-refractivity contribution in [1.29, 1.82) is 0 Å². The predicted molar refractivity (Wildman–Crippen MR) is 76.0 cm³/mol. The van der Waals surface area contributed by atoms with Crippen LogP contribution in [0.25, 0.3) is 0 Å². The van der Waals surface area contributed by atoms with E-state index in [1.165, 1.54) is 12.1 Å². The summed E-state index contributed by atoms with van der Waals surface area (Å²) >= 11 is 0. The van der Waals surface area contributed by atoms with Crippen molar-refractivity contribution in [2.24, 2.45) is 0 Å². The van der Waals surface area contributed by atoms with E-state index >= 15 is 0 Å². The minimum Gasteiger partial charge on any atom is -0.338 e. The van der Waals surface area contributed by atoms with Gasteiger partial charge in [-0.1, -0.05) is 17.3 Å². The lowest BCUT2D eigenvalue weighted by molar-refractivity contribution is 0.112. The summed E-state index contributed by atoms with van der Waals surface area (Å²) < 4.78 is 18.0. The lowest BCUT2D eigenvalue weighted by Crippen LogP contribution is -2.45. The Kier molecular flexibility index (Phi) is 4.26. The van der Waals surface area contributed by atoms with E-state index in [9.17, 15) is 4.39 Å². The quantitative estimate of drug-likeness (QED) is 0.859. The van der Waals surface area contributed by atoms with E-state index in [-0.39, 0.29) is 5.82 Å². The van der Waals surface area contributed by atoms with Crippen LogP contribution in [-0.2, 0) is 13.1 Å². The first-order valence-electron chi connectivity index (χ1n) is 7.17. The smallest absolute Gasteiger partial charge is 0.240 e. The molecule has 1 aromatic heterocycles. The van der Waals surface area contributed by atoms with Crippen LogP contribution in [-0.4, -0.2) is 46.1 Å². The lowest BCUT2D eigenvalue weighted by atomic mass is 10.2. The van der Waals surface area contributed by atoms with Gasteiger partial charge >= 0.3 is 0 Å². The number of aryl methyl sites for hydroxylation is 1. The number of nitrogens with zero attached hydrogens (tertiary/aromatic N) is 4. The molecule has 0 saturated carbocycles. The monoisotopic (exact) mass is 290 g/mol. The van der Waals surface area contributed by atoms with Crippen molar-refractivity contribution in [3.8, 4) is 0 Å². The maximum atomic E-state index is 12.9. The summed E-state index contributed by atoms with van der Waals surface area (Å²) in [7, 11) is 0. The van der Waals surface area contributed by atoms with Gasteiger partial charge in [-0.3, -0.25) is 9.80 Å². The molecule has 1 aliphatic rings. The van der Waals surface area contributed by atoms with Gasteiger partial charge in [0, 0.05) is 32.7 Å². The van der Waals surface area contributed by atoms with Crippen LogP contribution >= 0.6 is 0 Å². The third-order valence-electron chi connectivity index (χ3n) is 3.71. The molecule has 0 spiro atoms. The fraction of sp³-hybridized carbons (Fsp3) is 0.467. The summed E-state index contributed by atoms with van der Waals surface area (Å²) in [4.78, 5) is 8.92. The first-order chi connectivity index (χ1) is 10.2. The number of hydrogen-bond acceptors (Lipinski definition) is 5. The Balaban J connectivity index is 1.47. The van der Waals surface area contributed by atoms with E-state index in [1.54, 1.807) is 0 Å². The Bertz CT molecular complexity index is 576. The standard InChI is InChI=1S/C15H19FN4O/c1-12-17-15(21-18-12)11-20-8-6-19(7-9-20)10-13-2-4-14(16)5-3-13/h2-5H,6-11H2,1H3. The molecular weight excluding hydrogens is 271 g/mol. The van der Waals surface area contributed by atoms with Gasteiger partial charge in [0.05, 0.1) is 6.54 Å². The van der Waals surface area contributed by atoms with Gasteiger partial charge in [0.15, 0.2) is 5.82 Å². The highest BCUT2D eigenvalue weighted by atomic mass is 19.1. The molecule has 1 aliphatic heterocycles. The lowest BCUT2D eigenvalue weighted by Gasteiger charge is -2.33. The van der Waals surface area contributed by atoms with Crippen molar-refractivity contribution in [1.82, 2.24) is 19.9 Å². The molecule has 0 atom stereocenters. The normalized spacial score (nSPS) is 17.2. The molecule has 3 rings (SSSR count). The van der Waals surface area contributed by atoms with E-state index < -0.39 is 0 Å². The Morgan fingerprint density at radius 3 is 2.24 bits per heavy atom. The molecule has 2 aromatic rings. The number of benzene rings is 1. The SMILES string of the molecule is Cc1noc(CN2CCN(Cc3ccc(F)cc3)CC2)n1. The van der Waals surface area contributed by atoms with Crippen molar-refractivity contribution in [2.45, 2.75) is 20.0 Å². The highest BCUT2D eigenvalue weighted by molar-refractivity contribution is 5.15. The molecule has 1 aromatic carbocycles. The van der Waals surface area contributed by atoms with Crippen molar-refractivity contribution < 1.29 is 8.91 Å². The second kappa shape index (κ2) is 6.32. The minimum absolute atomic E-state index is 0.182. The molecule has 2 heterocycles. The van der Waals surface area contributed by atoms with E-state index in [0.717, 1.165) is 38.3 Å². The van der Waals surface area contributed by atoms with Crippen LogP contribution in [0.1, 0.15) is 17.3 Å². The average molecular weight is 290 g/mol. The molecule has 0 bridgehead atoms. The molecule has 21 heavy (non-hydrogen) atoms. The second-order valence-electron chi connectivity index (χ2n) is 5.41. The van der Waals surface area contributed by atoms with Crippen LogP contribution in [0.2, 0.25) is 0 Å². The van der Waals surface area contributed by atoms with Crippen molar-refractivity contribution in [2.75, 3.05) is 26.2 Å². The van der Waals surface area contributed by atoms with E-state index in [0.29, 0.717) is 18.3 Å². The van der Waals surface area contributed by atoms with Gasteiger partial charge in [-0.2, -0.15) is 4.98 Å². The third kappa shape index (κ3) is 3.86. The number of rotatable bonds is 4. The number of hydrogen-bond donors (Lipinski definition) is 0. The van der Waals surface area contributed by atoms with Crippen LogP contribution in [0.15, 0.2) is 28.8 Å². The molecule has 0 aliphatic carbocycles. The van der Waals surface area contributed by atoms with Crippen LogP contribution in [0, 0.1) is 12.7 Å². The van der Waals surface area contributed by atoms with E-state index in [1.807, 2.05) is 19.1 Å². The highest BCUT2D eigenvalue weighted by Crippen LogP contribution is 2.11. The minimum atomic E-state index is -0.182. The predicted octanol–water partition coefficient (Wildman–Crippen LogP) is 1.83.